The first-order valence-corrected chi connectivity index (χ1v) is 7.27. The van der Waals surface area contributed by atoms with Gasteiger partial charge in [0.05, 0.1) is 5.69 Å². The molecule has 0 saturated carbocycles. The molecule has 104 valence electrons. The Kier molecular flexibility index (Phi) is 3.70. The topological polar surface area (TPSA) is 28.2 Å². The highest BCUT2D eigenvalue weighted by Gasteiger charge is 2.24. The van der Waals surface area contributed by atoms with Crippen LogP contribution in [0.1, 0.15) is 24.6 Å². The van der Waals surface area contributed by atoms with Crippen LogP contribution in [0.5, 0.6) is 0 Å². The molecule has 1 aromatic carbocycles. The van der Waals surface area contributed by atoms with E-state index in [1.807, 2.05) is 7.05 Å². The molecule has 3 nitrogen and oxygen atoms in total. The summed E-state index contributed by atoms with van der Waals surface area (Å²) in [6.45, 7) is 3.08. The molecule has 3 heteroatoms. The third-order valence-electron chi connectivity index (χ3n) is 3.92. The van der Waals surface area contributed by atoms with Gasteiger partial charge in [-0.2, -0.15) is 0 Å². The SMILES string of the molecule is CNCc1cccc(N2c3ccccc3CCC2C)n1. The van der Waals surface area contributed by atoms with E-state index < -0.39 is 0 Å². The Balaban J connectivity index is 2.02. The Morgan fingerprint density at radius 3 is 2.90 bits per heavy atom. The van der Waals surface area contributed by atoms with Crippen molar-refractivity contribution in [1.82, 2.24) is 10.3 Å². The van der Waals surface area contributed by atoms with E-state index in [-0.39, 0.29) is 0 Å². The molecule has 3 rings (SSSR count). The molecule has 1 unspecified atom stereocenters. The predicted octanol–water partition coefficient (Wildman–Crippen LogP) is 3.27. The molecule has 0 amide bonds. The van der Waals surface area contributed by atoms with Crippen molar-refractivity contribution in [3.05, 3.63) is 53.7 Å². The molecule has 1 atom stereocenters. The van der Waals surface area contributed by atoms with Crippen molar-refractivity contribution < 1.29 is 0 Å². The van der Waals surface area contributed by atoms with E-state index in [9.17, 15) is 0 Å². The molecule has 2 aromatic rings. The predicted molar refractivity (Wildman–Crippen MR) is 83.4 cm³/mol. The summed E-state index contributed by atoms with van der Waals surface area (Å²) in [5.41, 5.74) is 3.81. The minimum Gasteiger partial charge on any atom is -0.323 e. The van der Waals surface area contributed by atoms with E-state index in [0.717, 1.165) is 24.5 Å². The van der Waals surface area contributed by atoms with E-state index >= 15 is 0 Å². The van der Waals surface area contributed by atoms with Crippen LogP contribution >= 0.6 is 0 Å². The second-order valence-electron chi connectivity index (χ2n) is 5.40. The summed E-state index contributed by atoms with van der Waals surface area (Å²) in [4.78, 5) is 7.17. The van der Waals surface area contributed by atoms with E-state index in [4.69, 9.17) is 4.98 Å². The summed E-state index contributed by atoms with van der Waals surface area (Å²) in [5, 5.41) is 3.16. The van der Waals surface area contributed by atoms with Gasteiger partial charge in [0, 0.05) is 18.3 Å². The maximum atomic E-state index is 4.80. The fourth-order valence-electron chi connectivity index (χ4n) is 2.92. The maximum absolute atomic E-state index is 4.80. The number of nitrogens with one attached hydrogen (secondary N) is 1. The van der Waals surface area contributed by atoms with Gasteiger partial charge in [-0.1, -0.05) is 24.3 Å². The number of benzene rings is 1. The fraction of sp³-hybridized carbons (Fsp3) is 0.353. The summed E-state index contributed by atoms with van der Waals surface area (Å²) in [6.07, 6.45) is 2.33. The normalized spacial score (nSPS) is 17.9. The zero-order valence-electron chi connectivity index (χ0n) is 12.1. The lowest BCUT2D eigenvalue weighted by Crippen LogP contribution is -2.34. The van der Waals surface area contributed by atoms with Gasteiger partial charge in [0.25, 0.3) is 0 Å². The van der Waals surface area contributed by atoms with Gasteiger partial charge >= 0.3 is 0 Å². The van der Waals surface area contributed by atoms with Crippen molar-refractivity contribution in [3.8, 4) is 0 Å². The third kappa shape index (κ3) is 2.41. The lowest BCUT2D eigenvalue weighted by atomic mass is 9.96. The minimum atomic E-state index is 0.488. The first kappa shape index (κ1) is 13.1. The molecule has 0 radical (unpaired) electrons. The summed E-state index contributed by atoms with van der Waals surface area (Å²) in [5.74, 6) is 1.05. The number of aryl methyl sites for hydroxylation is 1. The number of nitrogens with zero attached hydrogens (tertiary/aromatic N) is 2. The molecule has 2 heterocycles. The zero-order valence-corrected chi connectivity index (χ0v) is 12.1. The van der Waals surface area contributed by atoms with Crippen LogP contribution in [0.3, 0.4) is 0 Å². The largest absolute Gasteiger partial charge is 0.323 e. The molecule has 1 aliphatic heterocycles. The molecule has 0 spiro atoms. The van der Waals surface area contributed by atoms with Crippen LogP contribution in [0.4, 0.5) is 11.5 Å². The number of rotatable bonds is 3. The lowest BCUT2D eigenvalue weighted by molar-refractivity contribution is 0.612. The molecule has 0 fully saturated rings. The monoisotopic (exact) mass is 267 g/mol. The number of hydrogen-bond acceptors (Lipinski definition) is 3. The van der Waals surface area contributed by atoms with Crippen molar-refractivity contribution in [2.75, 3.05) is 11.9 Å². The number of para-hydroxylation sites is 1. The Hall–Kier alpha value is -1.87. The van der Waals surface area contributed by atoms with E-state index in [2.05, 4.69) is 59.6 Å². The fourth-order valence-corrected chi connectivity index (χ4v) is 2.92. The van der Waals surface area contributed by atoms with Gasteiger partial charge in [-0.15, -0.1) is 0 Å². The van der Waals surface area contributed by atoms with Gasteiger partial charge in [-0.3, -0.25) is 0 Å². The Morgan fingerprint density at radius 1 is 1.20 bits per heavy atom. The Morgan fingerprint density at radius 2 is 2.05 bits per heavy atom. The molecule has 1 aliphatic rings. The summed E-state index contributed by atoms with van der Waals surface area (Å²) in [6, 6.07) is 15.4. The molecule has 1 N–H and O–H groups in total. The van der Waals surface area contributed by atoms with Gasteiger partial charge in [0.1, 0.15) is 5.82 Å². The first-order chi connectivity index (χ1) is 9.79. The number of aromatic nitrogens is 1. The van der Waals surface area contributed by atoms with E-state index in [1.54, 1.807) is 0 Å². The van der Waals surface area contributed by atoms with Crippen LogP contribution in [-0.4, -0.2) is 18.1 Å². The summed E-state index contributed by atoms with van der Waals surface area (Å²) in [7, 11) is 1.95. The molecule has 1 aromatic heterocycles. The van der Waals surface area contributed by atoms with Crippen LogP contribution in [0.15, 0.2) is 42.5 Å². The van der Waals surface area contributed by atoms with Gasteiger partial charge in [0.15, 0.2) is 0 Å². The maximum Gasteiger partial charge on any atom is 0.133 e. The van der Waals surface area contributed by atoms with Crippen molar-refractivity contribution in [2.45, 2.75) is 32.4 Å². The Labute approximate surface area is 120 Å². The molecular formula is C17H21N3. The van der Waals surface area contributed by atoms with Gasteiger partial charge in [-0.25, -0.2) is 4.98 Å². The molecular weight excluding hydrogens is 246 g/mol. The summed E-state index contributed by atoms with van der Waals surface area (Å²) < 4.78 is 0. The standard InChI is InChI=1S/C17H21N3/c1-13-10-11-14-6-3-4-8-16(14)20(13)17-9-5-7-15(19-17)12-18-2/h3-9,13,18H,10-12H2,1-2H3. The third-order valence-corrected chi connectivity index (χ3v) is 3.92. The van der Waals surface area contributed by atoms with Crippen molar-refractivity contribution in [2.24, 2.45) is 0 Å². The van der Waals surface area contributed by atoms with Crippen molar-refractivity contribution in [3.63, 3.8) is 0 Å². The van der Waals surface area contributed by atoms with Crippen molar-refractivity contribution in [1.29, 1.82) is 0 Å². The second kappa shape index (κ2) is 5.63. The Bertz CT molecular complexity index is 594. The van der Waals surface area contributed by atoms with Crippen molar-refractivity contribution >= 4 is 11.5 Å². The van der Waals surface area contributed by atoms with Crippen LogP contribution in [0.2, 0.25) is 0 Å². The van der Waals surface area contributed by atoms with Gasteiger partial charge in [0.2, 0.25) is 0 Å². The second-order valence-corrected chi connectivity index (χ2v) is 5.40. The number of hydrogen-bond donors (Lipinski definition) is 1. The highest BCUT2D eigenvalue weighted by atomic mass is 15.2. The average Bonchev–Trinajstić information content (AvgIpc) is 2.48. The molecule has 0 bridgehead atoms. The van der Waals surface area contributed by atoms with Crippen LogP contribution in [0.25, 0.3) is 0 Å². The van der Waals surface area contributed by atoms with Gasteiger partial charge < -0.3 is 10.2 Å². The number of anilines is 2. The van der Waals surface area contributed by atoms with E-state index in [0.29, 0.717) is 6.04 Å². The lowest BCUT2D eigenvalue weighted by Gasteiger charge is -2.36. The highest BCUT2D eigenvalue weighted by molar-refractivity contribution is 5.66. The van der Waals surface area contributed by atoms with Crippen LogP contribution in [0, 0.1) is 0 Å². The van der Waals surface area contributed by atoms with E-state index in [1.165, 1.54) is 17.7 Å². The van der Waals surface area contributed by atoms with Gasteiger partial charge in [-0.05, 0) is 50.6 Å². The van der Waals surface area contributed by atoms with Crippen LogP contribution < -0.4 is 10.2 Å². The highest BCUT2D eigenvalue weighted by Crippen LogP contribution is 2.35. The number of pyridine rings is 1. The summed E-state index contributed by atoms with van der Waals surface area (Å²) >= 11 is 0. The average molecular weight is 267 g/mol. The zero-order chi connectivity index (χ0) is 13.9. The first-order valence-electron chi connectivity index (χ1n) is 7.27. The number of fused-ring (bicyclic) bond motifs is 1. The molecule has 20 heavy (non-hydrogen) atoms. The minimum absolute atomic E-state index is 0.488. The smallest absolute Gasteiger partial charge is 0.133 e. The molecule has 0 aliphatic carbocycles. The quantitative estimate of drug-likeness (QED) is 0.925. The van der Waals surface area contributed by atoms with Crippen LogP contribution in [-0.2, 0) is 13.0 Å². The molecule has 0 saturated heterocycles.